The molecule has 0 unspecified atom stereocenters. The molecule has 2 heterocycles. The maximum absolute atomic E-state index is 14.0. The van der Waals surface area contributed by atoms with Gasteiger partial charge in [0, 0.05) is 0 Å². The molecule has 4 nitrogen and oxygen atoms in total. The van der Waals surface area contributed by atoms with E-state index < -0.39 is 0 Å². The lowest BCUT2D eigenvalue weighted by Gasteiger charge is -2.01. The molecule has 3 aromatic rings. The summed E-state index contributed by atoms with van der Waals surface area (Å²) in [6, 6.07) is 9.28. The molecule has 0 aliphatic heterocycles. The van der Waals surface area contributed by atoms with Gasteiger partial charge >= 0.3 is 0 Å². The van der Waals surface area contributed by atoms with E-state index in [2.05, 4.69) is 15.0 Å². The maximum Gasteiger partial charge on any atom is 0.165 e. The number of aromatic nitrogens is 4. The van der Waals surface area contributed by atoms with Gasteiger partial charge in [0.25, 0.3) is 0 Å². The van der Waals surface area contributed by atoms with Crippen molar-refractivity contribution in [1.29, 1.82) is 0 Å². The maximum atomic E-state index is 14.0. The Balaban J connectivity index is 1.90. The van der Waals surface area contributed by atoms with Gasteiger partial charge in [-0.15, -0.1) is 0 Å². The van der Waals surface area contributed by atoms with E-state index in [1.54, 1.807) is 4.57 Å². The Bertz CT molecular complexity index is 767. The summed E-state index contributed by atoms with van der Waals surface area (Å²) in [5, 5.41) is 0.265. The number of nitrogens with zero attached hydrogens (tertiary/aromatic N) is 4. The van der Waals surface area contributed by atoms with E-state index in [-0.39, 0.29) is 17.5 Å². The van der Waals surface area contributed by atoms with Crippen LogP contribution in [0.15, 0.2) is 48.8 Å². The van der Waals surface area contributed by atoms with Crippen LogP contribution in [0.4, 0.5) is 4.39 Å². The highest BCUT2D eigenvalue weighted by atomic mass is 35.5. The summed E-state index contributed by atoms with van der Waals surface area (Å²) >= 11 is 5.90. The van der Waals surface area contributed by atoms with Crippen molar-refractivity contribution in [2.24, 2.45) is 0 Å². The summed E-state index contributed by atoms with van der Waals surface area (Å²) < 4.78 is 15.6. The van der Waals surface area contributed by atoms with Gasteiger partial charge in [-0.1, -0.05) is 41.9 Å². The lowest BCUT2D eigenvalue weighted by molar-refractivity contribution is 0.567. The lowest BCUT2D eigenvalue weighted by Crippen LogP contribution is -1.98. The van der Waals surface area contributed by atoms with Crippen LogP contribution >= 0.6 is 11.6 Å². The Kier molecular flexibility index (Phi) is 3.43. The molecule has 20 heavy (non-hydrogen) atoms. The van der Waals surface area contributed by atoms with Gasteiger partial charge in [-0.25, -0.2) is 19.3 Å². The Morgan fingerprint density at radius 2 is 2.00 bits per heavy atom. The smallest absolute Gasteiger partial charge is 0.165 e. The standard InChI is InChI=1S/C14H10ClFN4/c15-13-12-14(18-8-17-13)20(9-19-12)7-11(16)6-10-4-2-1-3-5-10/h1-6,8-9H,7H2/b11-6+. The number of hydrogen-bond donors (Lipinski definition) is 0. The highest BCUT2D eigenvalue weighted by molar-refractivity contribution is 6.33. The van der Waals surface area contributed by atoms with Crippen LogP contribution in [-0.4, -0.2) is 19.5 Å². The Morgan fingerprint density at radius 1 is 1.20 bits per heavy atom. The molecule has 0 radical (unpaired) electrons. The molecule has 0 amide bonds. The van der Waals surface area contributed by atoms with Gasteiger partial charge in [-0.2, -0.15) is 0 Å². The Hall–Kier alpha value is -2.27. The Morgan fingerprint density at radius 3 is 2.80 bits per heavy atom. The molecule has 0 aliphatic carbocycles. The summed E-state index contributed by atoms with van der Waals surface area (Å²) in [6.07, 6.45) is 4.32. The van der Waals surface area contributed by atoms with Crippen LogP contribution < -0.4 is 0 Å². The van der Waals surface area contributed by atoms with Gasteiger partial charge < -0.3 is 4.57 Å². The summed E-state index contributed by atoms with van der Waals surface area (Å²) in [5.41, 5.74) is 1.80. The third kappa shape index (κ3) is 2.53. The second kappa shape index (κ2) is 5.38. The van der Waals surface area contributed by atoms with Crippen molar-refractivity contribution in [3.63, 3.8) is 0 Å². The van der Waals surface area contributed by atoms with Crippen LogP contribution in [0.1, 0.15) is 5.56 Å². The van der Waals surface area contributed by atoms with Crippen molar-refractivity contribution < 1.29 is 4.39 Å². The molecule has 0 saturated carbocycles. The van der Waals surface area contributed by atoms with E-state index >= 15 is 0 Å². The Labute approximate surface area is 119 Å². The van der Waals surface area contributed by atoms with Gasteiger partial charge in [-0.05, 0) is 11.6 Å². The molecule has 2 aromatic heterocycles. The van der Waals surface area contributed by atoms with Crippen LogP contribution in [0.3, 0.4) is 0 Å². The first-order chi connectivity index (χ1) is 9.74. The van der Waals surface area contributed by atoms with Crippen molar-refractivity contribution in [3.05, 3.63) is 59.5 Å². The van der Waals surface area contributed by atoms with Crippen LogP contribution in [0, 0.1) is 0 Å². The molecule has 100 valence electrons. The number of hydrogen-bond acceptors (Lipinski definition) is 3. The van der Waals surface area contributed by atoms with E-state index in [0.717, 1.165) is 5.56 Å². The van der Waals surface area contributed by atoms with Crippen molar-refractivity contribution in [2.75, 3.05) is 0 Å². The van der Waals surface area contributed by atoms with Gasteiger partial charge in [0.15, 0.2) is 10.8 Å². The second-order valence-electron chi connectivity index (χ2n) is 4.21. The molecule has 0 fully saturated rings. The third-order valence-corrected chi connectivity index (χ3v) is 3.08. The summed E-state index contributed by atoms with van der Waals surface area (Å²) in [6.45, 7) is 0.0543. The SMILES string of the molecule is F/C(=C/c1ccccc1)Cn1cnc2c(Cl)ncnc21. The highest BCUT2D eigenvalue weighted by Gasteiger charge is 2.09. The number of halogens is 2. The first kappa shape index (κ1) is 12.7. The molecule has 0 bridgehead atoms. The first-order valence-electron chi connectivity index (χ1n) is 5.96. The zero-order valence-electron chi connectivity index (χ0n) is 10.4. The molecule has 0 saturated heterocycles. The molecule has 3 rings (SSSR count). The van der Waals surface area contributed by atoms with Crippen LogP contribution in [0.5, 0.6) is 0 Å². The van der Waals surface area contributed by atoms with Crippen molar-refractivity contribution in [3.8, 4) is 0 Å². The van der Waals surface area contributed by atoms with Crippen LogP contribution in [0.2, 0.25) is 5.15 Å². The fourth-order valence-electron chi connectivity index (χ4n) is 1.91. The third-order valence-electron chi connectivity index (χ3n) is 2.80. The molecule has 6 heteroatoms. The highest BCUT2D eigenvalue weighted by Crippen LogP contribution is 2.18. The summed E-state index contributed by atoms with van der Waals surface area (Å²) in [5.74, 6) is -0.287. The van der Waals surface area contributed by atoms with E-state index in [0.29, 0.717) is 11.2 Å². The monoisotopic (exact) mass is 288 g/mol. The minimum atomic E-state index is -0.287. The zero-order chi connectivity index (χ0) is 13.9. The molecule has 0 N–H and O–H groups in total. The van der Waals surface area contributed by atoms with Gasteiger partial charge in [0.05, 0.1) is 12.9 Å². The predicted molar refractivity (Wildman–Crippen MR) is 75.9 cm³/mol. The minimum Gasteiger partial charge on any atom is -0.308 e. The molecule has 0 spiro atoms. The molecule has 0 atom stereocenters. The molecule has 0 aliphatic rings. The number of benzene rings is 1. The summed E-state index contributed by atoms with van der Waals surface area (Å²) in [7, 11) is 0. The fraction of sp³-hybridized carbons (Fsp3) is 0.0714. The van der Waals surface area contributed by atoms with Crippen molar-refractivity contribution in [1.82, 2.24) is 19.5 Å². The fourth-order valence-corrected chi connectivity index (χ4v) is 2.08. The number of allylic oxidation sites excluding steroid dienone is 1. The van der Waals surface area contributed by atoms with E-state index in [1.807, 2.05) is 30.3 Å². The summed E-state index contributed by atoms with van der Waals surface area (Å²) in [4.78, 5) is 12.0. The van der Waals surface area contributed by atoms with E-state index in [4.69, 9.17) is 11.6 Å². The number of rotatable bonds is 3. The average Bonchev–Trinajstić information content (AvgIpc) is 2.84. The lowest BCUT2D eigenvalue weighted by atomic mass is 10.2. The normalized spacial score (nSPS) is 12.0. The van der Waals surface area contributed by atoms with Gasteiger partial charge in [-0.3, -0.25) is 0 Å². The molecule has 1 aromatic carbocycles. The first-order valence-corrected chi connectivity index (χ1v) is 6.34. The number of fused-ring (bicyclic) bond motifs is 1. The van der Waals surface area contributed by atoms with E-state index in [1.165, 1.54) is 18.7 Å². The quantitative estimate of drug-likeness (QED) is 0.693. The van der Waals surface area contributed by atoms with Gasteiger partial charge in [0.2, 0.25) is 0 Å². The van der Waals surface area contributed by atoms with Crippen LogP contribution in [0.25, 0.3) is 17.2 Å². The zero-order valence-corrected chi connectivity index (χ0v) is 11.1. The molecular formula is C14H10ClFN4. The topological polar surface area (TPSA) is 43.6 Å². The number of imidazole rings is 1. The van der Waals surface area contributed by atoms with Crippen molar-refractivity contribution in [2.45, 2.75) is 6.54 Å². The van der Waals surface area contributed by atoms with Crippen LogP contribution in [-0.2, 0) is 6.54 Å². The van der Waals surface area contributed by atoms with Crippen molar-refractivity contribution >= 4 is 28.8 Å². The van der Waals surface area contributed by atoms with E-state index in [9.17, 15) is 4.39 Å². The second-order valence-corrected chi connectivity index (χ2v) is 4.57. The average molecular weight is 289 g/mol. The molecular weight excluding hydrogens is 279 g/mol. The van der Waals surface area contributed by atoms with Gasteiger partial charge in [0.1, 0.15) is 17.7 Å². The predicted octanol–water partition coefficient (Wildman–Crippen LogP) is 3.49. The minimum absolute atomic E-state index is 0.0543. The largest absolute Gasteiger partial charge is 0.308 e.